The molecule has 0 saturated heterocycles. The van der Waals surface area contributed by atoms with Gasteiger partial charge in [-0.1, -0.05) is 36.6 Å². The van der Waals surface area contributed by atoms with E-state index < -0.39 is 5.97 Å². The summed E-state index contributed by atoms with van der Waals surface area (Å²) in [4.78, 5) is 11.8. The third-order valence-electron chi connectivity index (χ3n) is 5.08. The number of carbonyl (C=O) groups is 1. The number of hydrogen-bond acceptors (Lipinski definition) is 4. The van der Waals surface area contributed by atoms with Crippen LogP contribution in [0.3, 0.4) is 0 Å². The molecule has 148 valence electrons. The minimum atomic E-state index is -0.488. The van der Waals surface area contributed by atoms with Crippen molar-refractivity contribution in [1.29, 1.82) is 0 Å². The Bertz CT molecular complexity index is 864. The van der Waals surface area contributed by atoms with Crippen LogP contribution in [0, 0.1) is 0 Å². The summed E-state index contributed by atoms with van der Waals surface area (Å²) in [5, 5.41) is 7.50. The molecule has 1 aliphatic rings. The number of halogens is 1. The van der Waals surface area contributed by atoms with Crippen LogP contribution in [0.25, 0.3) is 0 Å². The lowest BCUT2D eigenvalue weighted by atomic mass is 9.88. The Labute approximate surface area is 175 Å². The number of nitrogens with one attached hydrogen (secondary N) is 2. The number of carbonyl (C=O) groups excluding carboxylic acids is 1. The van der Waals surface area contributed by atoms with Crippen LogP contribution in [0.2, 0.25) is 5.02 Å². The molecule has 0 heterocycles. The van der Waals surface area contributed by atoms with Crippen LogP contribution in [-0.4, -0.2) is 25.3 Å². The minimum Gasteiger partial charge on any atom is -0.497 e. The maximum absolute atomic E-state index is 11.8. The van der Waals surface area contributed by atoms with Gasteiger partial charge in [0.25, 0.3) is 0 Å². The van der Waals surface area contributed by atoms with Gasteiger partial charge in [0.05, 0.1) is 30.3 Å². The van der Waals surface area contributed by atoms with E-state index in [2.05, 4.69) is 22.8 Å². The second-order valence-electron chi connectivity index (χ2n) is 6.78. The lowest BCUT2D eigenvalue weighted by Crippen LogP contribution is -2.45. The molecule has 0 radical (unpaired) electrons. The van der Waals surface area contributed by atoms with Crippen molar-refractivity contribution < 1.29 is 14.3 Å². The number of rotatable bonds is 5. The van der Waals surface area contributed by atoms with Gasteiger partial charge in [-0.2, -0.15) is 0 Å². The molecule has 0 unspecified atom stereocenters. The largest absolute Gasteiger partial charge is 0.497 e. The average Bonchev–Trinajstić information content (AvgIpc) is 3.18. The lowest BCUT2D eigenvalue weighted by Gasteiger charge is -2.32. The molecule has 2 aromatic carbocycles. The first-order valence-corrected chi connectivity index (χ1v) is 9.87. The first-order chi connectivity index (χ1) is 13.5. The van der Waals surface area contributed by atoms with Crippen LogP contribution in [0.5, 0.6) is 5.75 Å². The zero-order chi connectivity index (χ0) is 20.1. The van der Waals surface area contributed by atoms with Gasteiger partial charge in [-0.05, 0) is 61.0 Å². The molecule has 0 aliphatic heterocycles. The molecule has 1 saturated carbocycles. The molecular formula is C21H23ClN2O3S. The van der Waals surface area contributed by atoms with Gasteiger partial charge < -0.3 is 20.1 Å². The molecule has 0 bridgehead atoms. The fourth-order valence-electron chi connectivity index (χ4n) is 3.62. The average molecular weight is 419 g/mol. The SMILES string of the molecule is COC(=O)c1cc(NC(=S)NC2(c3ccc(OC)cc3)CCCC2)ccc1Cl. The van der Waals surface area contributed by atoms with Crippen molar-refractivity contribution in [2.24, 2.45) is 0 Å². The van der Waals surface area contributed by atoms with Crippen LogP contribution in [0.15, 0.2) is 42.5 Å². The van der Waals surface area contributed by atoms with E-state index in [0.717, 1.165) is 31.4 Å². The number of anilines is 1. The standard InChI is InChI=1S/C21H23ClN2O3S/c1-26-16-8-5-14(6-9-16)21(11-3-4-12-21)24-20(28)23-15-7-10-18(22)17(13-15)19(25)27-2/h5-10,13H,3-4,11-12H2,1-2H3,(H2,23,24,28). The van der Waals surface area contributed by atoms with E-state index in [1.54, 1.807) is 25.3 Å². The van der Waals surface area contributed by atoms with Crippen LogP contribution >= 0.6 is 23.8 Å². The number of methoxy groups -OCH3 is 2. The number of hydrogen-bond donors (Lipinski definition) is 2. The van der Waals surface area contributed by atoms with Gasteiger partial charge in [-0.15, -0.1) is 0 Å². The fourth-order valence-corrected chi connectivity index (χ4v) is 4.13. The van der Waals surface area contributed by atoms with Crippen molar-refractivity contribution in [3.05, 3.63) is 58.6 Å². The highest BCUT2D eigenvalue weighted by atomic mass is 35.5. The van der Waals surface area contributed by atoms with E-state index >= 15 is 0 Å². The third kappa shape index (κ3) is 4.39. The van der Waals surface area contributed by atoms with Gasteiger partial charge in [0, 0.05) is 5.69 Å². The molecule has 1 fully saturated rings. The van der Waals surface area contributed by atoms with Gasteiger partial charge in [0.2, 0.25) is 0 Å². The summed E-state index contributed by atoms with van der Waals surface area (Å²) in [5.74, 6) is 0.340. The molecule has 0 spiro atoms. The van der Waals surface area contributed by atoms with Crippen molar-refractivity contribution in [2.45, 2.75) is 31.2 Å². The van der Waals surface area contributed by atoms with Crippen LogP contribution in [0.1, 0.15) is 41.6 Å². The maximum Gasteiger partial charge on any atom is 0.339 e. The molecule has 1 aliphatic carbocycles. The van der Waals surface area contributed by atoms with E-state index in [4.69, 9.17) is 33.3 Å². The maximum atomic E-state index is 11.8. The summed E-state index contributed by atoms with van der Waals surface area (Å²) in [6, 6.07) is 13.2. The Balaban J connectivity index is 1.77. The normalized spacial score (nSPS) is 15.0. The van der Waals surface area contributed by atoms with Crippen molar-refractivity contribution in [3.8, 4) is 5.75 Å². The second-order valence-corrected chi connectivity index (χ2v) is 7.60. The number of ether oxygens (including phenoxy) is 2. The Morgan fingerprint density at radius 3 is 2.39 bits per heavy atom. The summed E-state index contributed by atoms with van der Waals surface area (Å²) in [5.41, 5.74) is 1.93. The molecular weight excluding hydrogens is 396 g/mol. The predicted molar refractivity (Wildman–Crippen MR) is 115 cm³/mol. The van der Waals surface area contributed by atoms with Gasteiger partial charge in [-0.25, -0.2) is 4.79 Å². The molecule has 0 amide bonds. The highest BCUT2D eigenvalue weighted by Crippen LogP contribution is 2.39. The molecule has 0 aromatic heterocycles. The van der Waals surface area contributed by atoms with Crippen LogP contribution in [-0.2, 0) is 10.3 Å². The van der Waals surface area contributed by atoms with E-state index in [-0.39, 0.29) is 5.54 Å². The Morgan fingerprint density at radius 1 is 1.11 bits per heavy atom. The van der Waals surface area contributed by atoms with Crippen molar-refractivity contribution >= 4 is 40.6 Å². The highest BCUT2D eigenvalue weighted by molar-refractivity contribution is 7.80. The summed E-state index contributed by atoms with van der Waals surface area (Å²) < 4.78 is 10.0. The summed E-state index contributed by atoms with van der Waals surface area (Å²) in [6.45, 7) is 0. The third-order valence-corrected chi connectivity index (χ3v) is 5.62. The lowest BCUT2D eigenvalue weighted by molar-refractivity contribution is 0.0601. The van der Waals surface area contributed by atoms with E-state index in [0.29, 0.717) is 21.4 Å². The van der Waals surface area contributed by atoms with Gasteiger partial charge in [-0.3, -0.25) is 0 Å². The quantitative estimate of drug-likeness (QED) is 0.532. The van der Waals surface area contributed by atoms with Crippen molar-refractivity contribution in [1.82, 2.24) is 5.32 Å². The zero-order valence-corrected chi connectivity index (χ0v) is 17.5. The van der Waals surface area contributed by atoms with Crippen LogP contribution in [0.4, 0.5) is 5.69 Å². The molecule has 3 rings (SSSR count). The van der Waals surface area contributed by atoms with Crippen LogP contribution < -0.4 is 15.4 Å². The van der Waals surface area contributed by atoms with Crippen molar-refractivity contribution in [2.75, 3.05) is 19.5 Å². The number of esters is 1. The molecule has 5 nitrogen and oxygen atoms in total. The molecule has 0 atom stereocenters. The number of benzene rings is 2. The first kappa shape index (κ1) is 20.4. The predicted octanol–water partition coefficient (Wildman–Crippen LogP) is 4.89. The fraction of sp³-hybridized carbons (Fsp3) is 0.333. The first-order valence-electron chi connectivity index (χ1n) is 9.09. The molecule has 7 heteroatoms. The zero-order valence-electron chi connectivity index (χ0n) is 15.9. The van der Waals surface area contributed by atoms with Crippen molar-refractivity contribution in [3.63, 3.8) is 0 Å². The summed E-state index contributed by atoms with van der Waals surface area (Å²) in [6.07, 6.45) is 4.26. The Morgan fingerprint density at radius 2 is 1.79 bits per heavy atom. The molecule has 2 aromatic rings. The van der Waals surface area contributed by atoms with E-state index in [9.17, 15) is 4.79 Å². The highest BCUT2D eigenvalue weighted by Gasteiger charge is 2.36. The monoisotopic (exact) mass is 418 g/mol. The van der Waals surface area contributed by atoms with Gasteiger partial charge in [0.1, 0.15) is 5.75 Å². The minimum absolute atomic E-state index is 0.214. The van der Waals surface area contributed by atoms with E-state index in [1.165, 1.54) is 12.7 Å². The Hall–Kier alpha value is -2.31. The van der Waals surface area contributed by atoms with Gasteiger partial charge >= 0.3 is 5.97 Å². The summed E-state index contributed by atoms with van der Waals surface area (Å²) in [7, 11) is 2.98. The smallest absolute Gasteiger partial charge is 0.339 e. The molecule has 2 N–H and O–H groups in total. The van der Waals surface area contributed by atoms with E-state index in [1.807, 2.05) is 12.1 Å². The summed E-state index contributed by atoms with van der Waals surface area (Å²) >= 11 is 11.7. The Kier molecular flexibility index (Phi) is 6.42. The number of thiocarbonyl (C=S) groups is 1. The topological polar surface area (TPSA) is 59.6 Å². The molecule has 28 heavy (non-hydrogen) atoms. The van der Waals surface area contributed by atoms with Gasteiger partial charge in [0.15, 0.2) is 5.11 Å². The second kappa shape index (κ2) is 8.80.